The van der Waals surface area contributed by atoms with Gasteiger partial charge in [-0.05, 0) is 57.5 Å². The summed E-state index contributed by atoms with van der Waals surface area (Å²) >= 11 is 0. The maximum atomic E-state index is 13.2. The lowest BCUT2D eigenvalue weighted by Crippen LogP contribution is -2.46. The molecule has 1 aromatic heterocycles. The Balaban J connectivity index is 1.91. The minimum Gasteiger partial charge on any atom is -0.495 e. The van der Waals surface area contributed by atoms with Gasteiger partial charge in [0.15, 0.2) is 0 Å². The number of methoxy groups -OCH3 is 1. The maximum absolute atomic E-state index is 13.2. The first-order valence-electron chi connectivity index (χ1n) is 11.8. The van der Waals surface area contributed by atoms with Gasteiger partial charge in [-0.15, -0.1) is 0 Å². The zero-order chi connectivity index (χ0) is 28.0. The first kappa shape index (κ1) is 28.0. The second-order valence-corrected chi connectivity index (χ2v) is 9.51. The molecule has 3 rings (SSSR count). The molecule has 0 radical (unpaired) electrons. The zero-order valence-electron chi connectivity index (χ0n) is 21.9. The standard InChI is InChI=1S/C27H31N3O8/c1-27(2,3)38-26(35)29-18(11-13-23(31)32)25(34)28-19-14-16(10-12-22(19)36-5)30(4)20-15-24(33)37-21-9-7-6-8-17(20)21/h6-10,12,14-15,18H,11,13H2,1-5H3,(H,28,34)(H,29,35)(H,31,32)/t18-/m0/s1. The molecular formula is C27H31N3O8. The summed E-state index contributed by atoms with van der Waals surface area (Å²) in [5.41, 5.74) is 0.587. The van der Waals surface area contributed by atoms with Crippen LogP contribution in [0.4, 0.5) is 21.9 Å². The number of carboxylic acids is 1. The summed E-state index contributed by atoms with van der Waals surface area (Å²) in [4.78, 5) is 50.5. The Labute approximate surface area is 219 Å². The van der Waals surface area contributed by atoms with Gasteiger partial charge in [-0.3, -0.25) is 9.59 Å². The van der Waals surface area contributed by atoms with Gasteiger partial charge in [-0.1, -0.05) is 12.1 Å². The van der Waals surface area contributed by atoms with Gasteiger partial charge in [-0.25, -0.2) is 9.59 Å². The highest BCUT2D eigenvalue weighted by molar-refractivity contribution is 5.99. The molecule has 3 aromatic rings. The van der Waals surface area contributed by atoms with Crippen LogP contribution >= 0.6 is 0 Å². The van der Waals surface area contributed by atoms with E-state index in [2.05, 4.69) is 10.6 Å². The minimum atomic E-state index is -1.19. The molecule has 0 aliphatic heterocycles. The lowest BCUT2D eigenvalue weighted by molar-refractivity contribution is -0.137. The van der Waals surface area contributed by atoms with Gasteiger partial charge in [0.25, 0.3) is 0 Å². The Morgan fingerprint density at radius 1 is 1.11 bits per heavy atom. The van der Waals surface area contributed by atoms with Crippen molar-refractivity contribution in [1.82, 2.24) is 5.32 Å². The van der Waals surface area contributed by atoms with Crippen LogP contribution in [0, 0.1) is 0 Å². The van der Waals surface area contributed by atoms with Crippen molar-refractivity contribution in [1.29, 1.82) is 0 Å². The van der Waals surface area contributed by atoms with E-state index < -0.39 is 35.2 Å². The highest BCUT2D eigenvalue weighted by Gasteiger charge is 2.26. The topological polar surface area (TPSA) is 147 Å². The van der Waals surface area contributed by atoms with Crippen LogP contribution in [-0.4, -0.2) is 48.9 Å². The van der Waals surface area contributed by atoms with Crippen LogP contribution in [0.1, 0.15) is 33.6 Å². The molecule has 3 N–H and O–H groups in total. The van der Waals surface area contributed by atoms with Crippen molar-refractivity contribution in [3.8, 4) is 5.75 Å². The van der Waals surface area contributed by atoms with Gasteiger partial charge >= 0.3 is 17.7 Å². The van der Waals surface area contributed by atoms with Gasteiger partial charge in [0, 0.05) is 30.6 Å². The van der Waals surface area contributed by atoms with Crippen LogP contribution in [0.5, 0.6) is 5.75 Å². The first-order valence-corrected chi connectivity index (χ1v) is 11.8. The number of amides is 2. The summed E-state index contributed by atoms with van der Waals surface area (Å²) in [6, 6.07) is 12.3. The molecule has 0 spiro atoms. The van der Waals surface area contributed by atoms with Gasteiger partial charge in [-0.2, -0.15) is 0 Å². The number of anilines is 3. The average Bonchev–Trinajstić information content (AvgIpc) is 2.84. The number of hydrogen-bond acceptors (Lipinski definition) is 8. The number of nitrogens with zero attached hydrogens (tertiary/aromatic N) is 1. The second kappa shape index (κ2) is 11.7. The van der Waals surface area contributed by atoms with Crippen molar-refractivity contribution in [2.24, 2.45) is 0 Å². The number of ether oxygens (including phenoxy) is 2. The highest BCUT2D eigenvalue weighted by Crippen LogP contribution is 2.34. The number of para-hydroxylation sites is 1. The lowest BCUT2D eigenvalue weighted by Gasteiger charge is -2.24. The van der Waals surface area contributed by atoms with Gasteiger partial charge in [0.1, 0.15) is 23.0 Å². The number of hydrogen-bond donors (Lipinski definition) is 3. The molecule has 2 aromatic carbocycles. The van der Waals surface area contributed by atoms with Gasteiger partial charge in [0.2, 0.25) is 5.91 Å². The normalized spacial score (nSPS) is 11.9. The zero-order valence-corrected chi connectivity index (χ0v) is 21.9. The van der Waals surface area contributed by atoms with Crippen LogP contribution in [0.25, 0.3) is 11.0 Å². The van der Waals surface area contributed by atoms with Crippen LogP contribution < -0.4 is 25.9 Å². The predicted octanol–water partition coefficient (Wildman–Crippen LogP) is 4.27. The summed E-state index contributed by atoms with van der Waals surface area (Å²) in [6.45, 7) is 5.02. The molecular weight excluding hydrogens is 494 g/mol. The Bertz CT molecular complexity index is 1390. The summed E-state index contributed by atoms with van der Waals surface area (Å²) in [5, 5.41) is 15.0. The third kappa shape index (κ3) is 7.25. The molecule has 0 saturated carbocycles. The van der Waals surface area contributed by atoms with E-state index in [9.17, 15) is 19.2 Å². The van der Waals surface area contributed by atoms with Gasteiger partial charge < -0.3 is 34.5 Å². The van der Waals surface area contributed by atoms with Crippen LogP contribution in [0.3, 0.4) is 0 Å². The van der Waals surface area contributed by atoms with E-state index in [0.717, 1.165) is 0 Å². The van der Waals surface area contributed by atoms with E-state index in [0.29, 0.717) is 28.1 Å². The molecule has 0 unspecified atom stereocenters. The third-order valence-electron chi connectivity index (χ3n) is 5.47. The molecule has 0 saturated heterocycles. The largest absolute Gasteiger partial charge is 0.495 e. The fourth-order valence-electron chi connectivity index (χ4n) is 3.72. The van der Waals surface area contributed by atoms with E-state index >= 15 is 0 Å². The number of benzene rings is 2. The third-order valence-corrected chi connectivity index (χ3v) is 5.47. The minimum absolute atomic E-state index is 0.159. The van der Waals surface area contributed by atoms with E-state index in [-0.39, 0.29) is 18.5 Å². The number of carbonyl (C=O) groups excluding carboxylic acids is 2. The molecule has 202 valence electrons. The molecule has 0 fully saturated rings. The first-order chi connectivity index (χ1) is 17.9. The smallest absolute Gasteiger partial charge is 0.408 e. The van der Waals surface area contributed by atoms with Crippen LogP contribution in [0.15, 0.2) is 57.7 Å². The van der Waals surface area contributed by atoms with Gasteiger partial charge in [0.05, 0.1) is 18.5 Å². The number of rotatable bonds is 9. The molecule has 0 bridgehead atoms. The van der Waals surface area contributed by atoms with Crippen molar-refractivity contribution < 1.29 is 33.4 Å². The van der Waals surface area contributed by atoms with E-state index in [1.165, 1.54) is 13.2 Å². The Morgan fingerprint density at radius 3 is 2.47 bits per heavy atom. The number of carboxylic acid groups (broad SMARTS) is 1. The van der Waals surface area contributed by atoms with Crippen molar-refractivity contribution in [2.45, 2.75) is 45.3 Å². The summed E-state index contributed by atoms with van der Waals surface area (Å²) in [6.07, 6.45) is -1.36. The summed E-state index contributed by atoms with van der Waals surface area (Å²) < 4.78 is 15.9. The number of fused-ring (bicyclic) bond motifs is 1. The maximum Gasteiger partial charge on any atom is 0.408 e. The molecule has 1 atom stereocenters. The monoisotopic (exact) mass is 525 g/mol. The lowest BCUT2D eigenvalue weighted by atomic mass is 10.1. The highest BCUT2D eigenvalue weighted by atomic mass is 16.6. The van der Waals surface area contributed by atoms with Crippen molar-refractivity contribution >= 4 is 46.0 Å². The van der Waals surface area contributed by atoms with Crippen molar-refractivity contribution in [3.05, 3.63) is 59.0 Å². The number of alkyl carbamates (subject to hydrolysis) is 1. The van der Waals surface area contributed by atoms with Crippen molar-refractivity contribution in [2.75, 3.05) is 24.4 Å². The van der Waals surface area contributed by atoms with E-state index in [1.807, 2.05) is 12.1 Å². The van der Waals surface area contributed by atoms with Crippen LogP contribution in [-0.2, 0) is 14.3 Å². The molecule has 38 heavy (non-hydrogen) atoms. The predicted molar refractivity (Wildman–Crippen MR) is 142 cm³/mol. The number of nitrogens with one attached hydrogen (secondary N) is 2. The average molecular weight is 526 g/mol. The molecule has 1 heterocycles. The van der Waals surface area contributed by atoms with E-state index in [1.54, 1.807) is 63.1 Å². The summed E-state index contributed by atoms with van der Waals surface area (Å²) in [5.74, 6) is -1.43. The molecule has 11 nitrogen and oxygen atoms in total. The quantitative estimate of drug-likeness (QED) is 0.348. The molecule has 11 heteroatoms. The Morgan fingerprint density at radius 2 is 1.82 bits per heavy atom. The number of aliphatic carboxylic acids is 1. The molecule has 0 aliphatic rings. The molecule has 2 amide bonds. The SMILES string of the molecule is COc1ccc(N(C)c2cc(=O)oc3ccccc23)cc1NC(=O)[C@H](CCC(=O)O)NC(=O)OC(C)(C)C. The van der Waals surface area contributed by atoms with Crippen molar-refractivity contribution in [3.63, 3.8) is 0 Å². The Kier molecular flexibility index (Phi) is 8.61. The second-order valence-electron chi connectivity index (χ2n) is 9.51. The number of carbonyl (C=O) groups is 3. The fourth-order valence-corrected chi connectivity index (χ4v) is 3.72. The Hall–Kier alpha value is -4.54. The van der Waals surface area contributed by atoms with E-state index in [4.69, 9.17) is 19.0 Å². The summed E-state index contributed by atoms with van der Waals surface area (Å²) in [7, 11) is 3.19. The van der Waals surface area contributed by atoms with Crippen LogP contribution in [0.2, 0.25) is 0 Å². The molecule has 0 aliphatic carbocycles. The fraction of sp³-hybridized carbons (Fsp3) is 0.333.